The molecule has 2 aromatic heterocycles. The summed E-state index contributed by atoms with van der Waals surface area (Å²) in [5, 5.41) is 0. The van der Waals surface area contributed by atoms with Gasteiger partial charge in [-0.05, 0) is 19.1 Å². The van der Waals surface area contributed by atoms with E-state index in [1.54, 1.807) is 0 Å². The molecular weight excluding hydrogens is 299 g/mol. The summed E-state index contributed by atoms with van der Waals surface area (Å²) in [5.41, 5.74) is 4.01. The Hall–Kier alpha value is -0.580. The van der Waals surface area contributed by atoms with Crippen LogP contribution in [0, 0.1) is 6.92 Å². The molecule has 0 radical (unpaired) electrons. The maximum absolute atomic E-state index is 2.25. The van der Waals surface area contributed by atoms with E-state index in [0.717, 1.165) is 0 Å². The fourth-order valence-corrected chi connectivity index (χ4v) is 2.09. The molecule has 0 fully saturated rings. The number of hydrogen-bond donors (Lipinski definition) is 0. The van der Waals surface area contributed by atoms with Crippen molar-refractivity contribution in [1.82, 2.24) is 4.40 Å². The molecule has 0 aliphatic heterocycles. The van der Waals surface area contributed by atoms with Crippen molar-refractivity contribution in [3.8, 4) is 0 Å². The molecule has 0 spiro atoms. The maximum Gasteiger partial charge on any atom is 0.207 e. The summed E-state index contributed by atoms with van der Waals surface area (Å²) in [6.45, 7) is 6.60. The molecule has 0 N–H and O–H groups in total. The Morgan fingerprint density at radius 2 is 1.93 bits per heavy atom. The summed E-state index contributed by atoms with van der Waals surface area (Å²) in [6.07, 6.45) is 4.24. The topological polar surface area (TPSA) is 8.29 Å². The molecule has 0 aliphatic carbocycles. The van der Waals surface area contributed by atoms with Crippen molar-refractivity contribution < 1.29 is 28.5 Å². The van der Waals surface area contributed by atoms with Gasteiger partial charge in [0.25, 0.3) is 0 Å². The number of rotatable bonds is 1. The molecule has 2 rings (SSSR count). The quantitative estimate of drug-likeness (QED) is 0.481. The van der Waals surface area contributed by atoms with Gasteiger partial charge in [0.1, 0.15) is 12.6 Å². The maximum atomic E-state index is 2.25. The lowest BCUT2D eigenvalue weighted by atomic mass is 10.1. The van der Waals surface area contributed by atoms with Crippen molar-refractivity contribution >= 4 is 5.52 Å². The second-order valence-electron chi connectivity index (χ2n) is 4.18. The van der Waals surface area contributed by atoms with Crippen molar-refractivity contribution in [1.29, 1.82) is 0 Å². The molecule has 2 nitrogen and oxygen atoms in total. The van der Waals surface area contributed by atoms with Gasteiger partial charge in [-0.2, -0.15) is 0 Å². The monoisotopic (exact) mass is 316 g/mol. The van der Waals surface area contributed by atoms with E-state index < -0.39 is 0 Å². The lowest BCUT2D eigenvalue weighted by molar-refractivity contribution is -0.679. The molecule has 0 saturated carbocycles. The van der Waals surface area contributed by atoms with Crippen molar-refractivity contribution in [2.75, 3.05) is 0 Å². The molecule has 82 valence electrons. The second-order valence-corrected chi connectivity index (χ2v) is 4.18. The van der Waals surface area contributed by atoms with Crippen LogP contribution in [0.4, 0.5) is 0 Å². The molecular formula is C12H17IN2. The van der Waals surface area contributed by atoms with Crippen molar-refractivity contribution in [2.45, 2.75) is 26.7 Å². The number of hydrogen-bond acceptors (Lipinski definition) is 0. The van der Waals surface area contributed by atoms with Crippen LogP contribution in [0.5, 0.6) is 0 Å². The summed E-state index contributed by atoms with van der Waals surface area (Å²) < 4.78 is 4.45. The van der Waals surface area contributed by atoms with Crippen molar-refractivity contribution in [2.24, 2.45) is 7.05 Å². The number of aryl methyl sites for hydroxylation is 2. The minimum Gasteiger partial charge on any atom is -1.00 e. The fourth-order valence-electron chi connectivity index (χ4n) is 2.09. The van der Waals surface area contributed by atoms with Crippen LogP contribution in [0.15, 0.2) is 24.5 Å². The van der Waals surface area contributed by atoms with Crippen LogP contribution in [0.3, 0.4) is 0 Å². The van der Waals surface area contributed by atoms with E-state index in [1.807, 2.05) is 0 Å². The zero-order valence-corrected chi connectivity index (χ0v) is 11.8. The molecule has 3 heteroatoms. The van der Waals surface area contributed by atoms with Crippen LogP contribution in [0.25, 0.3) is 5.52 Å². The minimum atomic E-state index is 0. The Kier molecular flexibility index (Phi) is 3.76. The number of aromatic nitrogens is 2. The Morgan fingerprint density at radius 1 is 1.27 bits per heavy atom. The first kappa shape index (κ1) is 12.5. The molecule has 15 heavy (non-hydrogen) atoms. The third kappa shape index (κ3) is 2.02. The first-order valence-electron chi connectivity index (χ1n) is 5.07. The summed E-state index contributed by atoms with van der Waals surface area (Å²) >= 11 is 0. The van der Waals surface area contributed by atoms with Gasteiger partial charge in [0.2, 0.25) is 5.69 Å². The zero-order valence-electron chi connectivity index (χ0n) is 9.66. The van der Waals surface area contributed by atoms with Crippen LogP contribution in [0.2, 0.25) is 0 Å². The predicted octanol–water partition coefficient (Wildman–Crippen LogP) is -0.800. The van der Waals surface area contributed by atoms with Gasteiger partial charge in [-0.3, -0.25) is 0 Å². The average Bonchev–Trinajstić information content (AvgIpc) is 2.47. The van der Waals surface area contributed by atoms with Gasteiger partial charge in [0.15, 0.2) is 6.20 Å². The molecule has 0 bridgehead atoms. The lowest BCUT2D eigenvalue weighted by Crippen LogP contribution is -3.00. The lowest BCUT2D eigenvalue weighted by Gasteiger charge is -2.06. The zero-order chi connectivity index (χ0) is 10.3. The minimum absolute atomic E-state index is 0. The standard InChI is InChI=1S/C12H17N2.HI/c1-9(2)12-11-6-5-10(3)14(11)8-7-13(12)4;/h5-9H,1-4H3;1H/q+1;/p-1. The Labute approximate surface area is 108 Å². The smallest absolute Gasteiger partial charge is 0.207 e. The van der Waals surface area contributed by atoms with Crippen LogP contribution in [-0.4, -0.2) is 4.40 Å². The van der Waals surface area contributed by atoms with Gasteiger partial charge in [0, 0.05) is 11.6 Å². The number of fused-ring (bicyclic) bond motifs is 1. The SMILES string of the molecule is Cc1ccc2c(C(C)C)[n+](C)ccn12.[I-]. The highest BCUT2D eigenvalue weighted by Gasteiger charge is 2.16. The molecule has 0 aromatic carbocycles. The molecule has 2 heterocycles. The third-order valence-corrected chi connectivity index (χ3v) is 2.75. The van der Waals surface area contributed by atoms with E-state index >= 15 is 0 Å². The van der Waals surface area contributed by atoms with Crippen molar-refractivity contribution in [3.63, 3.8) is 0 Å². The van der Waals surface area contributed by atoms with Crippen LogP contribution in [0.1, 0.15) is 31.2 Å². The Morgan fingerprint density at radius 3 is 2.53 bits per heavy atom. The average molecular weight is 316 g/mol. The van der Waals surface area contributed by atoms with Crippen LogP contribution < -0.4 is 28.5 Å². The Bertz CT molecular complexity index is 472. The van der Waals surface area contributed by atoms with Gasteiger partial charge in [-0.15, -0.1) is 0 Å². The molecule has 2 aromatic rings. The summed E-state index contributed by atoms with van der Waals surface area (Å²) in [7, 11) is 2.11. The first-order valence-corrected chi connectivity index (χ1v) is 5.07. The van der Waals surface area contributed by atoms with Crippen molar-refractivity contribution in [3.05, 3.63) is 35.9 Å². The Balaban J connectivity index is 0.00000112. The number of nitrogens with zero attached hydrogens (tertiary/aromatic N) is 2. The highest BCUT2D eigenvalue weighted by Crippen LogP contribution is 2.18. The molecule has 0 aliphatic rings. The summed E-state index contributed by atoms with van der Waals surface area (Å²) in [4.78, 5) is 0. The van der Waals surface area contributed by atoms with Gasteiger partial charge < -0.3 is 28.4 Å². The van der Waals surface area contributed by atoms with Crippen LogP contribution in [-0.2, 0) is 7.05 Å². The fraction of sp³-hybridized carbons (Fsp3) is 0.417. The molecule has 0 unspecified atom stereocenters. The highest BCUT2D eigenvalue weighted by atomic mass is 127. The van der Waals surface area contributed by atoms with E-state index in [1.165, 1.54) is 16.9 Å². The van der Waals surface area contributed by atoms with E-state index in [2.05, 4.69) is 61.3 Å². The normalized spacial score (nSPS) is 10.7. The van der Waals surface area contributed by atoms with Gasteiger partial charge in [-0.25, -0.2) is 4.57 Å². The van der Waals surface area contributed by atoms with Gasteiger partial charge in [0.05, 0.1) is 6.20 Å². The largest absolute Gasteiger partial charge is 1.00 e. The number of halogens is 1. The predicted molar refractivity (Wildman–Crippen MR) is 57.4 cm³/mol. The van der Waals surface area contributed by atoms with E-state index in [4.69, 9.17) is 0 Å². The third-order valence-electron chi connectivity index (χ3n) is 2.75. The summed E-state index contributed by atoms with van der Waals surface area (Å²) in [5.74, 6) is 0.554. The molecule has 0 amide bonds. The van der Waals surface area contributed by atoms with E-state index in [-0.39, 0.29) is 24.0 Å². The first-order chi connectivity index (χ1) is 6.61. The van der Waals surface area contributed by atoms with Gasteiger partial charge >= 0.3 is 0 Å². The second kappa shape index (κ2) is 4.51. The van der Waals surface area contributed by atoms with Crippen LogP contribution >= 0.6 is 0 Å². The molecule has 0 atom stereocenters. The van der Waals surface area contributed by atoms with E-state index in [9.17, 15) is 0 Å². The van der Waals surface area contributed by atoms with E-state index in [0.29, 0.717) is 5.92 Å². The highest BCUT2D eigenvalue weighted by molar-refractivity contribution is 5.53. The van der Waals surface area contributed by atoms with Gasteiger partial charge in [-0.1, -0.05) is 13.8 Å². The molecule has 0 saturated heterocycles. The summed E-state index contributed by atoms with van der Waals surface area (Å²) in [6, 6.07) is 4.37.